The number of amides is 2. The van der Waals surface area contributed by atoms with Gasteiger partial charge in [0.2, 0.25) is 11.8 Å². The van der Waals surface area contributed by atoms with Crippen molar-refractivity contribution in [2.75, 3.05) is 6.54 Å². The lowest BCUT2D eigenvalue weighted by Gasteiger charge is -2.31. The first kappa shape index (κ1) is 17.6. The number of thiazole rings is 1. The number of carbonyl (C=O) groups excluding carboxylic acids is 2. The van der Waals surface area contributed by atoms with Gasteiger partial charge >= 0.3 is 0 Å². The van der Waals surface area contributed by atoms with E-state index < -0.39 is 0 Å². The molecule has 7 heteroatoms. The van der Waals surface area contributed by atoms with Crippen LogP contribution in [0.1, 0.15) is 23.5 Å². The zero-order valence-electron chi connectivity index (χ0n) is 14.8. The Hall–Kier alpha value is -2.80. The number of aromatic nitrogens is 2. The fourth-order valence-electron chi connectivity index (χ4n) is 3.27. The largest absolute Gasteiger partial charge is 0.349 e. The standard InChI is InChI=1S/C20H20N4O2S/c25-19-9-8-14(12-24(19)13-15-5-3-4-10-21-15)20(26)22-11-18-23-16-6-1-2-7-17(16)27-18/h1-7,10,14H,8-9,11-13H2,(H,22,26). The fourth-order valence-corrected chi connectivity index (χ4v) is 4.18. The topological polar surface area (TPSA) is 75.2 Å². The molecule has 0 bridgehead atoms. The van der Waals surface area contributed by atoms with Gasteiger partial charge in [-0.1, -0.05) is 18.2 Å². The Morgan fingerprint density at radius 3 is 2.89 bits per heavy atom. The molecule has 138 valence electrons. The minimum absolute atomic E-state index is 0.0206. The summed E-state index contributed by atoms with van der Waals surface area (Å²) in [5, 5.41) is 3.87. The second-order valence-electron chi connectivity index (χ2n) is 6.62. The summed E-state index contributed by atoms with van der Waals surface area (Å²) in [5.74, 6) is -0.135. The molecular weight excluding hydrogens is 360 g/mol. The van der Waals surface area contributed by atoms with Crippen LogP contribution in [0.25, 0.3) is 10.2 Å². The number of rotatable bonds is 5. The number of fused-ring (bicyclic) bond motifs is 1. The maximum absolute atomic E-state index is 12.6. The minimum atomic E-state index is -0.194. The Labute approximate surface area is 161 Å². The lowest BCUT2D eigenvalue weighted by atomic mass is 9.96. The van der Waals surface area contributed by atoms with Gasteiger partial charge in [-0.05, 0) is 30.7 Å². The molecule has 1 atom stereocenters. The number of piperidine rings is 1. The predicted molar refractivity (Wildman–Crippen MR) is 104 cm³/mol. The number of likely N-dealkylation sites (tertiary alicyclic amines) is 1. The molecule has 1 saturated heterocycles. The molecule has 3 aromatic rings. The van der Waals surface area contributed by atoms with Crippen molar-refractivity contribution in [2.24, 2.45) is 5.92 Å². The van der Waals surface area contributed by atoms with Gasteiger partial charge in [-0.3, -0.25) is 14.6 Å². The van der Waals surface area contributed by atoms with Gasteiger partial charge in [0.15, 0.2) is 0 Å². The lowest BCUT2D eigenvalue weighted by molar-refractivity contribution is -0.139. The van der Waals surface area contributed by atoms with E-state index in [0.29, 0.717) is 32.5 Å². The molecule has 6 nitrogen and oxygen atoms in total. The van der Waals surface area contributed by atoms with Crippen molar-refractivity contribution < 1.29 is 9.59 Å². The van der Waals surface area contributed by atoms with Crippen LogP contribution in [0.4, 0.5) is 0 Å². The molecule has 0 aliphatic carbocycles. The summed E-state index contributed by atoms with van der Waals surface area (Å²) < 4.78 is 1.12. The van der Waals surface area contributed by atoms with E-state index in [4.69, 9.17) is 0 Å². The molecule has 27 heavy (non-hydrogen) atoms. The van der Waals surface area contributed by atoms with Gasteiger partial charge in [0, 0.05) is 19.2 Å². The van der Waals surface area contributed by atoms with Crippen molar-refractivity contribution in [1.29, 1.82) is 0 Å². The third-order valence-electron chi connectivity index (χ3n) is 4.70. The summed E-state index contributed by atoms with van der Waals surface area (Å²) in [4.78, 5) is 35.4. The van der Waals surface area contributed by atoms with E-state index in [0.717, 1.165) is 20.9 Å². The first-order chi connectivity index (χ1) is 13.2. The number of carbonyl (C=O) groups is 2. The Kier molecular flexibility index (Phi) is 5.11. The highest BCUT2D eigenvalue weighted by atomic mass is 32.1. The molecule has 0 spiro atoms. The first-order valence-electron chi connectivity index (χ1n) is 8.99. The van der Waals surface area contributed by atoms with Crippen molar-refractivity contribution in [3.8, 4) is 0 Å². The van der Waals surface area contributed by atoms with Crippen LogP contribution in [0.15, 0.2) is 48.7 Å². The zero-order chi connectivity index (χ0) is 18.6. The summed E-state index contributed by atoms with van der Waals surface area (Å²) in [6, 6.07) is 13.6. The monoisotopic (exact) mass is 380 g/mol. The Morgan fingerprint density at radius 2 is 2.07 bits per heavy atom. The number of para-hydroxylation sites is 1. The predicted octanol–water partition coefficient (Wildman–Crippen LogP) is 2.75. The van der Waals surface area contributed by atoms with E-state index in [1.165, 1.54) is 0 Å². The molecule has 1 aromatic carbocycles. The van der Waals surface area contributed by atoms with Crippen LogP contribution >= 0.6 is 11.3 Å². The summed E-state index contributed by atoms with van der Waals surface area (Å²) in [5.41, 5.74) is 1.79. The van der Waals surface area contributed by atoms with Gasteiger partial charge < -0.3 is 10.2 Å². The zero-order valence-corrected chi connectivity index (χ0v) is 15.6. The van der Waals surface area contributed by atoms with Crippen LogP contribution in [0, 0.1) is 5.92 Å². The summed E-state index contributed by atoms with van der Waals surface area (Å²) in [6.07, 6.45) is 2.70. The third kappa shape index (κ3) is 4.14. The van der Waals surface area contributed by atoms with Crippen molar-refractivity contribution in [3.05, 3.63) is 59.4 Å². The van der Waals surface area contributed by atoms with Gasteiger partial charge in [0.25, 0.3) is 0 Å². The van der Waals surface area contributed by atoms with Crippen LogP contribution in [-0.2, 0) is 22.7 Å². The maximum atomic E-state index is 12.6. The van der Waals surface area contributed by atoms with Gasteiger partial charge in [0.05, 0.1) is 34.9 Å². The maximum Gasteiger partial charge on any atom is 0.225 e. The average molecular weight is 380 g/mol. The fraction of sp³-hybridized carbons (Fsp3) is 0.300. The van der Waals surface area contributed by atoms with Crippen molar-refractivity contribution in [3.63, 3.8) is 0 Å². The summed E-state index contributed by atoms with van der Waals surface area (Å²) in [7, 11) is 0. The van der Waals surface area contributed by atoms with Crippen LogP contribution in [0.3, 0.4) is 0 Å². The molecule has 2 aromatic heterocycles. The van der Waals surface area contributed by atoms with Gasteiger partial charge in [-0.25, -0.2) is 4.98 Å². The molecule has 1 aliphatic rings. The van der Waals surface area contributed by atoms with Crippen LogP contribution in [0.5, 0.6) is 0 Å². The highest BCUT2D eigenvalue weighted by Crippen LogP contribution is 2.22. The highest BCUT2D eigenvalue weighted by molar-refractivity contribution is 7.18. The highest BCUT2D eigenvalue weighted by Gasteiger charge is 2.30. The van der Waals surface area contributed by atoms with Crippen molar-refractivity contribution in [1.82, 2.24) is 20.2 Å². The molecule has 2 amide bonds. The van der Waals surface area contributed by atoms with Gasteiger partial charge in [-0.2, -0.15) is 0 Å². The summed E-state index contributed by atoms with van der Waals surface area (Å²) in [6.45, 7) is 1.30. The number of hydrogen-bond acceptors (Lipinski definition) is 5. The Morgan fingerprint density at radius 1 is 1.22 bits per heavy atom. The molecule has 3 heterocycles. The Balaban J connectivity index is 1.35. The minimum Gasteiger partial charge on any atom is -0.349 e. The van der Waals surface area contributed by atoms with Gasteiger partial charge in [-0.15, -0.1) is 11.3 Å². The lowest BCUT2D eigenvalue weighted by Crippen LogP contribution is -2.45. The van der Waals surface area contributed by atoms with Crippen molar-refractivity contribution >= 4 is 33.4 Å². The third-order valence-corrected chi connectivity index (χ3v) is 5.74. The molecule has 4 rings (SSSR count). The molecule has 1 aliphatic heterocycles. The average Bonchev–Trinajstić information content (AvgIpc) is 3.11. The molecule has 0 saturated carbocycles. The van der Waals surface area contributed by atoms with E-state index in [-0.39, 0.29) is 17.7 Å². The first-order valence-corrected chi connectivity index (χ1v) is 9.80. The molecule has 0 radical (unpaired) electrons. The second-order valence-corrected chi connectivity index (χ2v) is 7.74. The molecule has 1 N–H and O–H groups in total. The molecular formula is C20H20N4O2S. The van der Waals surface area contributed by atoms with Gasteiger partial charge in [0.1, 0.15) is 5.01 Å². The van der Waals surface area contributed by atoms with E-state index in [1.807, 2.05) is 42.5 Å². The van der Waals surface area contributed by atoms with Crippen LogP contribution in [0.2, 0.25) is 0 Å². The number of nitrogens with zero attached hydrogens (tertiary/aromatic N) is 3. The summed E-state index contributed by atoms with van der Waals surface area (Å²) >= 11 is 1.59. The van der Waals surface area contributed by atoms with E-state index >= 15 is 0 Å². The second kappa shape index (κ2) is 7.84. The number of hydrogen-bond donors (Lipinski definition) is 1. The van der Waals surface area contributed by atoms with Crippen LogP contribution < -0.4 is 5.32 Å². The smallest absolute Gasteiger partial charge is 0.225 e. The van der Waals surface area contributed by atoms with Crippen LogP contribution in [-0.4, -0.2) is 33.2 Å². The van der Waals surface area contributed by atoms with E-state index in [1.54, 1.807) is 22.4 Å². The van der Waals surface area contributed by atoms with Crippen molar-refractivity contribution in [2.45, 2.75) is 25.9 Å². The molecule has 1 unspecified atom stereocenters. The quantitative estimate of drug-likeness (QED) is 0.739. The Bertz CT molecular complexity index is 924. The molecule has 1 fully saturated rings. The SMILES string of the molecule is O=C(NCc1nc2ccccc2s1)C1CCC(=O)N(Cc2ccccn2)C1. The van der Waals surface area contributed by atoms with E-state index in [9.17, 15) is 9.59 Å². The number of pyridine rings is 1. The normalized spacial score (nSPS) is 17.3. The number of nitrogens with one attached hydrogen (secondary N) is 1. The van der Waals surface area contributed by atoms with E-state index in [2.05, 4.69) is 15.3 Å². The number of benzene rings is 1.